The number of hydrogen-bond acceptors (Lipinski definition) is 2. The van der Waals surface area contributed by atoms with E-state index < -0.39 is 0 Å². The van der Waals surface area contributed by atoms with Crippen molar-refractivity contribution in [3.05, 3.63) is 64.4 Å². The molecule has 0 fully saturated rings. The molecule has 4 heteroatoms. The van der Waals surface area contributed by atoms with Crippen molar-refractivity contribution in [3.63, 3.8) is 0 Å². The van der Waals surface area contributed by atoms with Crippen LogP contribution in [0.25, 0.3) is 0 Å². The number of para-hydroxylation sites is 1. The Morgan fingerprint density at radius 1 is 1.29 bits per heavy atom. The lowest BCUT2D eigenvalue weighted by Crippen LogP contribution is -2.34. The lowest BCUT2D eigenvalue weighted by atomic mass is 9.84. The van der Waals surface area contributed by atoms with Crippen molar-refractivity contribution < 1.29 is 9.13 Å². The minimum atomic E-state index is -0.283. The second-order valence-corrected chi connectivity index (χ2v) is 5.79. The van der Waals surface area contributed by atoms with Crippen LogP contribution < -0.4 is 10.5 Å². The Balaban J connectivity index is 1.83. The van der Waals surface area contributed by atoms with Crippen LogP contribution in [0.2, 0.25) is 5.02 Å². The van der Waals surface area contributed by atoms with Crippen LogP contribution in [0.5, 0.6) is 5.75 Å². The SMILES string of the molecule is NC(Cc1cc(F)ccc1Cl)C1CCOc2ccccc21. The Hall–Kier alpha value is -1.58. The molecule has 1 aliphatic heterocycles. The molecule has 0 spiro atoms. The van der Waals surface area contributed by atoms with E-state index in [0.717, 1.165) is 23.3 Å². The van der Waals surface area contributed by atoms with Crippen molar-refractivity contribution >= 4 is 11.6 Å². The molecule has 3 rings (SSSR count). The van der Waals surface area contributed by atoms with E-state index in [4.69, 9.17) is 22.1 Å². The second-order valence-electron chi connectivity index (χ2n) is 5.39. The summed E-state index contributed by atoms with van der Waals surface area (Å²) in [7, 11) is 0. The first-order chi connectivity index (χ1) is 10.1. The van der Waals surface area contributed by atoms with E-state index in [1.165, 1.54) is 12.1 Å². The highest BCUT2D eigenvalue weighted by atomic mass is 35.5. The molecule has 2 aromatic rings. The van der Waals surface area contributed by atoms with Crippen molar-refractivity contribution in [2.24, 2.45) is 5.73 Å². The number of benzene rings is 2. The van der Waals surface area contributed by atoms with Crippen LogP contribution in [-0.4, -0.2) is 12.6 Å². The number of fused-ring (bicyclic) bond motifs is 1. The molecule has 0 amide bonds. The molecule has 0 saturated carbocycles. The Morgan fingerprint density at radius 3 is 2.95 bits per heavy atom. The molecule has 2 N–H and O–H groups in total. The van der Waals surface area contributed by atoms with E-state index in [9.17, 15) is 4.39 Å². The Labute approximate surface area is 128 Å². The van der Waals surface area contributed by atoms with Gasteiger partial charge < -0.3 is 10.5 Å². The van der Waals surface area contributed by atoms with Gasteiger partial charge in [-0.25, -0.2) is 4.39 Å². The zero-order valence-corrected chi connectivity index (χ0v) is 12.3. The standard InChI is InChI=1S/C17H17ClFNO/c18-15-6-5-12(19)9-11(15)10-16(20)13-7-8-21-17-4-2-1-3-14(13)17/h1-6,9,13,16H,7-8,10,20H2. The third kappa shape index (κ3) is 3.04. The minimum Gasteiger partial charge on any atom is -0.493 e. The summed E-state index contributed by atoms with van der Waals surface area (Å²) in [6, 6.07) is 12.2. The van der Waals surface area contributed by atoms with Gasteiger partial charge >= 0.3 is 0 Å². The quantitative estimate of drug-likeness (QED) is 0.933. The Bertz CT molecular complexity index is 646. The van der Waals surface area contributed by atoms with Gasteiger partial charge in [-0.2, -0.15) is 0 Å². The summed E-state index contributed by atoms with van der Waals surface area (Å²) in [6.07, 6.45) is 1.42. The predicted molar refractivity (Wildman–Crippen MR) is 82.4 cm³/mol. The highest BCUT2D eigenvalue weighted by Crippen LogP contribution is 2.36. The van der Waals surface area contributed by atoms with Crippen LogP contribution in [0.3, 0.4) is 0 Å². The highest BCUT2D eigenvalue weighted by molar-refractivity contribution is 6.31. The smallest absolute Gasteiger partial charge is 0.123 e. The van der Waals surface area contributed by atoms with Gasteiger partial charge in [-0.15, -0.1) is 0 Å². The Morgan fingerprint density at radius 2 is 2.10 bits per heavy atom. The largest absolute Gasteiger partial charge is 0.493 e. The first kappa shape index (κ1) is 14.4. The fourth-order valence-electron chi connectivity index (χ4n) is 2.91. The van der Waals surface area contributed by atoms with Gasteiger partial charge in [0, 0.05) is 17.0 Å². The topological polar surface area (TPSA) is 35.2 Å². The van der Waals surface area contributed by atoms with Gasteiger partial charge in [0.05, 0.1) is 6.61 Å². The van der Waals surface area contributed by atoms with Gasteiger partial charge in [0.2, 0.25) is 0 Å². The molecule has 21 heavy (non-hydrogen) atoms. The van der Waals surface area contributed by atoms with Crippen molar-refractivity contribution in [2.45, 2.75) is 24.8 Å². The van der Waals surface area contributed by atoms with Crippen LogP contribution in [0.4, 0.5) is 4.39 Å². The molecular weight excluding hydrogens is 289 g/mol. The number of ether oxygens (including phenoxy) is 1. The molecule has 1 heterocycles. The van der Waals surface area contributed by atoms with Crippen molar-refractivity contribution in [1.82, 2.24) is 0 Å². The molecule has 0 aromatic heterocycles. The van der Waals surface area contributed by atoms with Gasteiger partial charge in [0.15, 0.2) is 0 Å². The maximum absolute atomic E-state index is 13.4. The predicted octanol–water partition coefficient (Wildman–Crippen LogP) is 3.92. The average Bonchev–Trinajstić information content (AvgIpc) is 2.50. The summed E-state index contributed by atoms with van der Waals surface area (Å²) in [6.45, 7) is 0.659. The maximum Gasteiger partial charge on any atom is 0.123 e. The summed E-state index contributed by atoms with van der Waals surface area (Å²) in [4.78, 5) is 0. The first-order valence-electron chi connectivity index (χ1n) is 7.06. The van der Waals surface area contributed by atoms with E-state index in [2.05, 4.69) is 0 Å². The molecule has 1 aliphatic rings. The molecule has 2 unspecified atom stereocenters. The molecule has 110 valence electrons. The molecule has 2 nitrogen and oxygen atoms in total. The normalized spacial score (nSPS) is 18.7. The first-order valence-corrected chi connectivity index (χ1v) is 7.44. The van der Waals surface area contributed by atoms with Crippen LogP contribution in [0, 0.1) is 5.82 Å². The number of nitrogens with two attached hydrogens (primary N) is 1. The molecule has 0 radical (unpaired) electrons. The van der Waals surface area contributed by atoms with Gasteiger partial charge in [-0.05, 0) is 48.2 Å². The summed E-state index contributed by atoms with van der Waals surface area (Å²) >= 11 is 6.13. The zero-order valence-electron chi connectivity index (χ0n) is 11.6. The number of rotatable bonds is 3. The summed E-state index contributed by atoms with van der Waals surface area (Å²) in [5.74, 6) is 0.817. The minimum absolute atomic E-state index is 0.116. The van der Waals surface area contributed by atoms with Crippen molar-refractivity contribution in [3.8, 4) is 5.75 Å². The summed E-state index contributed by atoms with van der Waals surface area (Å²) in [5.41, 5.74) is 8.26. The Kier molecular flexibility index (Phi) is 4.13. The second kappa shape index (κ2) is 6.04. The van der Waals surface area contributed by atoms with Crippen LogP contribution >= 0.6 is 11.6 Å². The van der Waals surface area contributed by atoms with E-state index in [-0.39, 0.29) is 17.8 Å². The van der Waals surface area contributed by atoms with E-state index in [1.54, 1.807) is 6.07 Å². The molecule has 0 aliphatic carbocycles. The summed E-state index contributed by atoms with van der Waals surface area (Å²) < 4.78 is 19.0. The fourth-order valence-corrected chi connectivity index (χ4v) is 3.10. The van der Waals surface area contributed by atoms with Crippen LogP contribution in [0.1, 0.15) is 23.5 Å². The number of halogens is 2. The lowest BCUT2D eigenvalue weighted by Gasteiger charge is -2.30. The summed E-state index contributed by atoms with van der Waals surface area (Å²) in [5, 5.41) is 0.562. The number of hydrogen-bond donors (Lipinski definition) is 1. The van der Waals surface area contributed by atoms with Gasteiger partial charge in [-0.1, -0.05) is 29.8 Å². The molecule has 2 atom stereocenters. The maximum atomic E-state index is 13.4. The van der Waals surface area contributed by atoms with Crippen molar-refractivity contribution in [1.29, 1.82) is 0 Å². The fraction of sp³-hybridized carbons (Fsp3) is 0.294. The zero-order chi connectivity index (χ0) is 14.8. The molecule has 2 aromatic carbocycles. The van der Waals surface area contributed by atoms with Crippen molar-refractivity contribution in [2.75, 3.05) is 6.61 Å². The lowest BCUT2D eigenvalue weighted by molar-refractivity contribution is 0.254. The van der Waals surface area contributed by atoms with E-state index >= 15 is 0 Å². The van der Waals surface area contributed by atoms with E-state index in [0.29, 0.717) is 18.1 Å². The molecule has 0 bridgehead atoms. The van der Waals surface area contributed by atoms with Gasteiger partial charge in [0.25, 0.3) is 0 Å². The van der Waals surface area contributed by atoms with Crippen LogP contribution in [0.15, 0.2) is 42.5 Å². The van der Waals surface area contributed by atoms with Gasteiger partial charge in [-0.3, -0.25) is 0 Å². The monoisotopic (exact) mass is 305 g/mol. The van der Waals surface area contributed by atoms with E-state index in [1.807, 2.05) is 24.3 Å². The van der Waals surface area contributed by atoms with Gasteiger partial charge in [0.1, 0.15) is 11.6 Å². The third-order valence-corrected chi connectivity index (χ3v) is 4.35. The third-order valence-electron chi connectivity index (χ3n) is 3.99. The highest BCUT2D eigenvalue weighted by Gasteiger charge is 2.27. The van der Waals surface area contributed by atoms with Crippen LogP contribution in [-0.2, 0) is 6.42 Å². The molecule has 0 saturated heterocycles. The average molecular weight is 306 g/mol. The molecular formula is C17H17ClFNO.